The van der Waals surface area contributed by atoms with Gasteiger partial charge in [0.1, 0.15) is 0 Å². The van der Waals surface area contributed by atoms with Crippen molar-refractivity contribution in [3.8, 4) is 0 Å². The van der Waals surface area contributed by atoms with E-state index < -0.39 is 9.17 Å². The second-order valence-electron chi connectivity index (χ2n) is 0.283. The minimum absolute atomic E-state index is 0. The van der Waals surface area contributed by atoms with Crippen molar-refractivity contribution in [3.05, 3.63) is 0 Å². The fourth-order valence-corrected chi connectivity index (χ4v) is 0. The Kier molecular flexibility index (Phi) is 52.8. The summed E-state index contributed by atoms with van der Waals surface area (Å²) in [5, 5.41) is 0. The zero-order valence-electron chi connectivity index (χ0n) is 2.30. The molecule has 40 valence electrons. The van der Waals surface area contributed by atoms with Gasteiger partial charge in [-0.2, -0.15) is 13.5 Å². The molecule has 0 aromatic carbocycles. The summed E-state index contributed by atoms with van der Waals surface area (Å²) in [7, 11) is -3.13. The van der Waals surface area contributed by atoms with Crippen LogP contribution in [-0.4, -0.2) is 65.7 Å². The van der Waals surface area contributed by atoms with Crippen LogP contribution in [-0.2, 0) is 4.46 Å². The van der Waals surface area contributed by atoms with Crippen LogP contribution in [0.4, 0.5) is 0 Å². The summed E-state index contributed by atoms with van der Waals surface area (Å²) in [4.78, 5) is 14.3. The first-order valence-corrected chi connectivity index (χ1v) is 1.95. The second-order valence-corrected chi connectivity index (χ2v) is 0.848. The van der Waals surface area contributed by atoms with Gasteiger partial charge in [-0.05, 0) is 0 Å². The second kappa shape index (κ2) is 15.6. The Balaban J connectivity index is -0.0000000150. The maximum atomic E-state index is 8.74. The van der Waals surface area contributed by atoms with Crippen LogP contribution >= 0.6 is 13.5 Å². The van der Waals surface area contributed by atoms with Gasteiger partial charge in [0, 0.05) is 0 Å². The molecule has 0 atom stereocenters. The normalized spacial score (nSPS) is 3.43. The van der Waals surface area contributed by atoms with Crippen molar-refractivity contribution >= 4 is 69.6 Å². The third-order valence-electron chi connectivity index (χ3n) is 0. The summed E-state index contributed by atoms with van der Waals surface area (Å²) in [5.41, 5.74) is 0. The molecule has 7 heavy (non-hydrogen) atoms. The van der Waals surface area contributed by atoms with Crippen molar-refractivity contribution in [1.29, 1.82) is 0 Å². The minimum atomic E-state index is -3.13. The van der Waals surface area contributed by atoms with Crippen LogP contribution < -0.4 is 0 Å². The molecule has 0 radical (unpaired) electrons. The Hall–Kier alpha value is 1.50. The Morgan fingerprint density at radius 3 is 1.29 bits per heavy atom. The SMILES string of the molecule is O=[Si](O)O.S.[AlH3].[NaH]. The molecule has 3 nitrogen and oxygen atoms in total. The number of hydrogen-bond donors (Lipinski definition) is 2. The third-order valence-corrected chi connectivity index (χ3v) is 0. The summed E-state index contributed by atoms with van der Waals surface area (Å²) in [6.07, 6.45) is 0. The van der Waals surface area contributed by atoms with Crippen molar-refractivity contribution in [3.63, 3.8) is 0 Å². The van der Waals surface area contributed by atoms with E-state index in [1.54, 1.807) is 0 Å². The monoisotopic (exact) mass is 166 g/mol. The molecule has 2 N–H and O–H groups in total. The molecule has 0 amide bonds. The summed E-state index contributed by atoms with van der Waals surface area (Å²) < 4.78 is 8.74. The van der Waals surface area contributed by atoms with Gasteiger partial charge in [-0.3, -0.25) is 4.46 Å². The van der Waals surface area contributed by atoms with Crippen LogP contribution in [0.2, 0.25) is 0 Å². The molecule has 0 fully saturated rings. The first-order valence-electron chi connectivity index (χ1n) is 0.651. The summed E-state index contributed by atoms with van der Waals surface area (Å²) >= 11 is 0. The molecule has 0 heterocycles. The Morgan fingerprint density at radius 1 is 1.29 bits per heavy atom. The third kappa shape index (κ3) is 101. The van der Waals surface area contributed by atoms with Gasteiger partial charge in [-0.1, -0.05) is 0 Å². The summed E-state index contributed by atoms with van der Waals surface area (Å²) in [6, 6.07) is 0. The molecule has 0 unspecified atom stereocenters. The molecule has 0 aliphatic heterocycles. The van der Waals surface area contributed by atoms with E-state index in [-0.39, 0.29) is 60.4 Å². The quantitative estimate of drug-likeness (QED) is 0.370. The van der Waals surface area contributed by atoms with Gasteiger partial charge in [0.2, 0.25) is 0 Å². The number of rotatable bonds is 0. The van der Waals surface area contributed by atoms with Crippen molar-refractivity contribution in [2.24, 2.45) is 0 Å². The topological polar surface area (TPSA) is 57.5 Å². The molecular formula is H8AlNaO3SSi. The molecule has 0 saturated heterocycles. The molecule has 0 saturated carbocycles. The molecule has 7 heteroatoms. The average molecular weight is 166 g/mol. The summed E-state index contributed by atoms with van der Waals surface area (Å²) in [5.74, 6) is 0. The predicted molar refractivity (Wildman–Crippen MR) is 38.3 cm³/mol. The average Bonchev–Trinajstić information content (AvgIpc) is 0.811. The molecular weight excluding hydrogens is 158 g/mol. The van der Waals surface area contributed by atoms with Gasteiger partial charge in [-0.25, -0.2) is 0 Å². The van der Waals surface area contributed by atoms with E-state index in [9.17, 15) is 0 Å². The molecule has 0 rings (SSSR count). The molecule has 0 bridgehead atoms. The van der Waals surface area contributed by atoms with Gasteiger partial charge >= 0.3 is 38.7 Å². The van der Waals surface area contributed by atoms with Crippen molar-refractivity contribution in [2.75, 3.05) is 0 Å². The van der Waals surface area contributed by atoms with Crippen LogP contribution in [0.25, 0.3) is 0 Å². The fourth-order valence-electron chi connectivity index (χ4n) is 0. The van der Waals surface area contributed by atoms with E-state index in [0.717, 1.165) is 0 Å². The molecule has 0 aromatic rings. The zero-order valence-corrected chi connectivity index (χ0v) is 4.30. The van der Waals surface area contributed by atoms with Crippen LogP contribution in [0.1, 0.15) is 0 Å². The Bertz CT molecular complexity index is 37.9. The van der Waals surface area contributed by atoms with E-state index in [1.807, 2.05) is 0 Å². The van der Waals surface area contributed by atoms with Gasteiger partial charge in [0.15, 0.2) is 17.4 Å². The first kappa shape index (κ1) is 23.6. The van der Waals surface area contributed by atoms with Gasteiger partial charge in [0.25, 0.3) is 0 Å². The van der Waals surface area contributed by atoms with Crippen LogP contribution in [0.15, 0.2) is 0 Å². The van der Waals surface area contributed by atoms with Crippen LogP contribution in [0.5, 0.6) is 0 Å². The van der Waals surface area contributed by atoms with Crippen LogP contribution in [0.3, 0.4) is 0 Å². The molecule has 0 aliphatic carbocycles. The van der Waals surface area contributed by atoms with Crippen molar-refractivity contribution in [1.82, 2.24) is 0 Å². The van der Waals surface area contributed by atoms with E-state index in [4.69, 9.17) is 14.1 Å². The predicted octanol–water partition coefficient (Wildman–Crippen LogP) is -3.33. The van der Waals surface area contributed by atoms with Gasteiger partial charge in [-0.15, -0.1) is 0 Å². The number of hydrogen-bond acceptors (Lipinski definition) is 1. The van der Waals surface area contributed by atoms with E-state index >= 15 is 0 Å². The van der Waals surface area contributed by atoms with Gasteiger partial charge < -0.3 is 9.59 Å². The van der Waals surface area contributed by atoms with Crippen LogP contribution in [0, 0.1) is 0 Å². The zero-order chi connectivity index (χ0) is 3.58. The van der Waals surface area contributed by atoms with E-state index in [2.05, 4.69) is 0 Å². The molecule has 0 aromatic heterocycles. The van der Waals surface area contributed by atoms with E-state index in [1.165, 1.54) is 0 Å². The standard InChI is InChI=1S/Al.Na.H2O3Si.H2S.4H/c;;1-4(2)3;;;;;/h;;1-2H;1H2;;;;. The van der Waals surface area contributed by atoms with Crippen molar-refractivity contribution in [2.45, 2.75) is 0 Å². The van der Waals surface area contributed by atoms with Gasteiger partial charge in [0.05, 0.1) is 0 Å². The Labute approximate surface area is 82.9 Å². The molecule has 0 spiro atoms. The molecule has 0 aliphatic rings. The van der Waals surface area contributed by atoms with E-state index in [0.29, 0.717) is 0 Å². The maximum absolute atomic E-state index is 8.74. The van der Waals surface area contributed by atoms with Crippen molar-refractivity contribution < 1.29 is 14.1 Å². The fraction of sp³-hybridized carbons (Fsp3) is 0. The first-order chi connectivity index (χ1) is 1.73. The summed E-state index contributed by atoms with van der Waals surface area (Å²) in [6.45, 7) is 0. The Morgan fingerprint density at radius 2 is 1.29 bits per heavy atom.